The molecule has 0 spiro atoms. The van der Waals surface area contributed by atoms with E-state index in [0.29, 0.717) is 61.1 Å². The number of nitrogens with zero attached hydrogens (tertiary/aromatic N) is 7. The molecule has 9 nitrogen and oxygen atoms in total. The van der Waals surface area contributed by atoms with Crippen molar-refractivity contribution < 1.29 is 22.6 Å². The number of pyridine rings is 1. The molecular formula is C25H27ClF3N7O2. The molecule has 0 N–H and O–H groups in total. The maximum atomic E-state index is 14.9. The zero-order chi connectivity index (χ0) is 26.4. The first-order valence-electron chi connectivity index (χ1n) is 12.4. The highest BCUT2D eigenvalue weighted by Gasteiger charge is 2.45. The van der Waals surface area contributed by atoms with Crippen LogP contribution in [0, 0.1) is 11.7 Å². The summed E-state index contributed by atoms with van der Waals surface area (Å²) in [7, 11) is 1.49. The van der Waals surface area contributed by atoms with E-state index in [-0.39, 0.29) is 19.8 Å². The molecule has 1 aromatic carbocycles. The van der Waals surface area contributed by atoms with Crippen molar-refractivity contribution >= 4 is 23.4 Å². The van der Waals surface area contributed by atoms with Gasteiger partial charge in [0.05, 0.1) is 51.2 Å². The highest BCUT2D eigenvalue weighted by Crippen LogP contribution is 2.36. The fourth-order valence-corrected chi connectivity index (χ4v) is 5.39. The van der Waals surface area contributed by atoms with E-state index >= 15 is 0 Å². The average molecular weight is 550 g/mol. The maximum absolute atomic E-state index is 14.9. The molecule has 0 saturated carbocycles. The SMILES string of the molecule is COc1cc(F)cnc1N1CCN(c2nnc3n2-c2ccc(Cl)cc2CN(CC(F)(F)C2COC2)C3)CC1. The first kappa shape index (κ1) is 25.2. The van der Waals surface area contributed by atoms with Crippen molar-refractivity contribution in [1.82, 2.24) is 24.6 Å². The lowest BCUT2D eigenvalue weighted by molar-refractivity contribution is -0.179. The molecule has 5 heterocycles. The summed E-state index contributed by atoms with van der Waals surface area (Å²) in [6.45, 7) is 2.70. The van der Waals surface area contributed by atoms with Gasteiger partial charge < -0.3 is 19.3 Å². The minimum absolute atomic E-state index is 0.0783. The van der Waals surface area contributed by atoms with Gasteiger partial charge in [-0.3, -0.25) is 9.47 Å². The molecule has 0 bridgehead atoms. The van der Waals surface area contributed by atoms with Crippen molar-refractivity contribution in [3.05, 3.63) is 52.7 Å². The predicted octanol–water partition coefficient (Wildman–Crippen LogP) is 3.39. The molecule has 2 fully saturated rings. The molecular weight excluding hydrogens is 523 g/mol. The number of anilines is 2. The number of rotatable bonds is 6. The van der Waals surface area contributed by atoms with Crippen LogP contribution < -0.4 is 14.5 Å². The molecule has 3 aliphatic rings. The van der Waals surface area contributed by atoms with Gasteiger partial charge in [0.1, 0.15) is 5.82 Å². The zero-order valence-electron chi connectivity index (χ0n) is 20.8. The first-order valence-corrected chi connectivity index (χ1v) is 12.8. The second-order valence-electron chi connectivity index (χ2n) is 9.82. The zero-order valence-corrected chi connectivity index (χ0v) is 21.5. The molecule has 0 aliphatic carbocycles. The molecule has 2 aromatic heterocycles. The quantitative estimate of drug-likeness (QED) is 0.463. The van der Waals surface area contributed by atoms with Gasteiger partial charge in [-0.2, -0.15) is 0 Å². The van der Waals surface area contributed by atoms with Crippen LogP contribution in [0.15, 0.2) is 30.5 Å². The highest BCUT2D eigenvalue weighted by molar-refractivity contribution is 6.30. The van der Waals surface area contributed by atoms with Gasteiger partial charge in [0.2, 0.25) is 5.95 Å². The van der Waals surface area contributed by atoms with Gasteiger partial charge in [-0.05, 0) is 23.8 Å². The average Bonchev–Trinajstić information content (AvgIpc) is 3.19. The fourth-order valence-electron chi connectivity index (χ4n) is 5.19. The van der Waals surface area contributed by atoms with Gasteiger partial charge >= 0.3 is 0 Å². The van der Waals surface area contributed by atoms with Crippen LogP contribution in [0.1, 0.15) is 11.4 Å². The molecule has 202 valence electrons. The number of ether oxygens (including phenoxy) is 2. The Labute approximate surface area is 222 Å². The van der Waals surface area contributed by atoms with Crippen LogP contribution in [0.25, 0.3) is 5.69 Å². The summed E-state index contributed by atoms with van der Waals surface area (Å²) >= 11 is 6.31. The number of benzene rings is 1. The van der Waals surface area contributed by atoms with E-state index in [1.807, 2.05) is 21.6 Å². The summed E-state index contributed by atoms with van der Waals surface area (Å²) in [5.41, 5.74) is 1.66. The minimum atomic E-state index is -2.87. The van der Waals surface area contributed by atoms with Crippen molar-refractivity contribution in [3.63, 3.8) is 0 Å². The number of fused-ring (bicyclic) bond motifs is 3. The van der Waals surface area contributed by atoms with Crippen molar-refractivity contribution in [2.45, 2.75) is 19.0 Å². The Hall–Kier alpha value is -3.09. The summed E-state index contributed by atoms with van der Waals surface area (Å²) in [5, 5.41) is 9.45. The van der Waals surface area contributed by atoms with E-state index in [0.717, 1.165) is 11.3 Å². The van der Waals surface area contributed by atoms with Crippen LogP contribution in [0.2, 0.25) is 5.02 Å². The van der Waals surface area contributed by atoms with Crippen molar-refractivity contribution in [3.8, 4) is 11.4 Å². The number of halogens is 4. The number of alkyl halides is 2. The van der Waals surface area contributed by atoms with E-state index in [1.54, 1.807) is 11.0 Å². The third-order valence-corrected chi connectivity index (χ3v) is 7.54. The van der Waals surface area contributed by atoms with Crippen molar-refractivity contribution in [2.24, 2.45) is 5.92 Å². The number of piperazine rings is 1. The lowest BCUT2D eigenvalue weighted by Crippen LogP contribution is -2.49. The van der Waals surface area contributed by atoms with Crippen LogP contribution >= 0.6 is 11.6 Å². The van der Waals surface area contributed by atoms with Gasteiger partial charge in [-0.25, -0.2) is 18.2 Å². The van der Waals surface area contributed by atoms with Gasteiger partial charge in [0.25, 0.3) is 5.92 Å². The Bertz CT molecular complexity index is 1330. The van der Waals surface area contributed by atoms with E-state index in [2.05, 4.69) is 20.1 Å². The maximum Gasteiger partial charge on any atom is 0.267 e. The Balaban J connectivity index is 1.26. The number of methoxy groups -OCH3 is 1. The molecule has 3 aliphatic heterocycles. The second-order valence-corrected chi connectivity index (χ2v) is 10.3. The Morgan fingerprint density at radius 3 is 2.55 bits per heavy atom. The first-order chi connectivity index (χ1) is 18.3. The van der Waals surface area contributed by atoms with Crippen molar-refractivity contribution in [1.29, 1.82) is 0 Å². The molecule has 0 unspecified atom stereocenters. The summed E-state index contributed by atoms with van der Waals surface area (Å²) < 4.78 is 55.8. The van der Waals surface area contributed by atoms with Crippen LogP contribution in [-0.2, 0) is 17.8 Å². The third kappa shape index (κ3) is 4.65. The standard InChI is InChI=1S/C25H27ClF3N7O2/c1-37-21-9-19(27)10-30-23(21)34-4-6-35(7-5-34)24-32-31-22-12-33(15-25(28,29)17-13-38-14-17)11-16-8-18(26)2-3-20(16)36(22)24/h2-3,8-10,17H,4-7,11-15H2,1H3. The summed E-state index contributed by atoms with van der Waals surface area (Å²) in [4.78, 5) is 10.1. The molecule has 13 heteroatoms. The number of hydrogen-bond acceptors (Lipinski definition) is 8. The molecule has 0 amide bonds. The second kappa shape index (κ2) is 9.90. The van der Waals surface area contributed by atoms with E-state index < -0.39 is 24.2 Å². The van der Waals surface area contributed by atoms with E-state index in [4.69, 9.17) is 21.1 Å². The van der Waals surface area contributed by atoms with Gasteiger partial charge in [0.15, 0.2) is 17.4 Å². The topological polar surface area (TPSA) is 71.8 Å². The van der Waals surface area contributed by atoms with Crippen LogP contribution in [0.5, 0.6) is 5.75 Å². The predicted molar refractivity (Wildman–Crippen MR) is 135 cm³/mol. The smallest absolute Gasteiger partial charge is 0.267 e. The molecule has 6 rings (SSSR count). The monoisotopic (exact) mass is 549 g/mol. The summed E-state index contributed by atoms with van der Waals surface area (Å²) in [6, 6.07) is 6.81. The van der Waals surface area contributed by atoms with Crippen LogP contribution in [0.3, 0.4) is 0 Å². The molecule has 3 aromatic rings. The Morgan fingerprint density at radius 1 is 1.08 bits per heavy atom. The molecule has 2 saturated heterocycles. The van der Waals surface area contributed by atoms with Crippen molar-refractivity contribution in [2.75, 3.05) is 62.8 Å². The molecule has 0 atom stereocenters. The largest absolute Gasteiger partial charge is 0.493 e. The Morgan fingerprint density at radius 2 is 1.84 bits per heavy atom. The van der Waals surface area contributed by atoms with E-state index in [1.165, 1.54) is 19.4 Å². The van der Waals surface area contributed by atoms with Gasteiger partial charge in [-0.1, -0.05) is 11.6 Å². The van der Waals surface area contributed by atoms with Gasteiger partial charge in [0, 0.05) is 43.8 Å². The van der Waals surface area contributed by atoms with Crippen LogP contribution in [-0.4, -0.2) is 83.6 Å². The fraction of sp³-hybridized carbons (Fsp3) is 0.480. The summed E-state index contributed by atoms with van der Waals surface area (Å²) in [5.74, 6) is -1.91. The molecule has 0 radical (unpaired) electrons. The van der Waals surface area contributed by atoms with Crippen LogP contribution in [0.4, 0.5) is 24.9 Å². The highest BCUT2D eigenvalue weighted by atomic mass is 35.5. The third-order valence-electron chi connectivity index (χ3n) is 7.31. The normalized spacial score (nSPS) is 18.6. The number of hydrogen-bond donors (Lipinski definition) is 0. The Kier molecular flexibility index (Phi) is 6.57. The molecule has 38 heavy (non-hydrogen) atoms. The minimum Gasteiger partial charge on any atom is -0.493 e. The number of aromatic nitrogens is 4. The lowest BCUT2D eigenvalue weighted by Gasteiger charge is -2.36. The van der Waals surface area contributed by atoms with E-state index in [9.17, 15) is 13.2 Å². The lowest BCUT2D eigenvalue weighted by atomic mass is 9.99. The van der Waals surface area contributed by atoms with Gasteiger partial charge in [-0.15, -0.1) is 10.2 Å². The summed E-state index contributed by atoms with van der Waals surface area (Å²) in [6.07, 6.45) is 1.18.